The normalized spacial score (nSPS) is 10.1. The highest BCUT2D eigenvalue weighted by molar-refractivity contribution is 5.90. The van der Waals surface area contributed by atoms with Gasteiger partial charge in [0.25, 0.3) is 0 Å². The maximum absolute atomic E-state index is 11.5. The topological polar surface area (TPSA) is 126 Å². The first kappa shape index (κ1) is 19.6. The molecule has 3 N–H and O–H groups in total. The molecule has 0 bridgehead atoms. The fourth-order valence-electron chi connectivity index (χ4n) is 2.39. The van der Waals surface area contributed by atoms with E-state index in [1.807, 2.05) is 0 Å². The molecule has 3 aromatic rings. The van der Waals surface area contributed by atoms with Gasteiger partial charge in [-0.15, -0.1) is 0 Å². The number of nitrogens with one attached hydrogen (secondary N) is 1. The summed E-state index contributed by atoms with van der Waals surface area (Å²) in [5.74, 6) is 0.0674. The number of nitrogens with zero attached hydrogens (tertiary/aromatic N) is 2. The molecule has 0 aliphatic carbocycles. The third-order valence-corrected chi connectivity index (χ3v) is 3.91. The van der Waals surface area contributed by atoms with E-state index in [2.05, 4.69) is 24.8 Å². The van der Waals surface area contributed by atoms with Crippen molar-refractivity contribution < 1.29 is 23.8 Å². The number of nitrogen functional groups attached to an aromatic ring is 1. The van der Waals surface area contributed by atoms with Crippen molar-refractivity contribution >= 4 is 29.1 Å². The minimum atomic E-state index is -0.442. The summed E-state index contributed by atoms with van der Waals surface area (Å²) in [5, 5.41) is 3.04. The minimum absolute atomic E-state index is 0.152. The molecule has 0 aliphatic rings. The molecule has 0 saturated carbocycles. The van der Waals surface area contributed by atoms with E-state index in [1.54, 1.807) is 48.5 Å². The Morgan fingerprint density at radius 2 is 1.41 bits per heavy atom. The largest absolute Gasteiger partial charge is 0.465 e. The van der Waals surface area contributed by atoms with Gasteiger partial charge in [-0.25, -0.2) is 14.6 Å². The van der Waals surface area contributed by atoms with Crippen LogP contribution in [0.3, 0.4) is 0 Å². The quantitative estimate of drug-likeness (QED) is 0.606. The Balaban J connectivity index is 1.75. The number of carbonyl (C=O) groups is 2. The van der Waals surface area contributed by atoms with Gasteiger partial charge < -0.3 is 25.3 Å². The maximum atomic E-state index is 11.5. The highest BCUT2D eigenvalue weighted by atomic mass is 16.5. The van der Waals surface area contributed by atoms with Gasteiger partial charge in [-0.1, -0.05) is 0 Å². The van der Waals surface area contributed by atoms with Crippen LogP contribution >= 0.6 is 0 Å². The highest BCUT2D eigenvalue weighted by Crippen LogP contribution is 2.31. The number of ether oxygens (including phenoxy) is 3. The van der Waals surface area contributed by atoms with Gasteiger partial charge in [0.1, 0.15) is 17.8 Å². The van der Waals surface area contributed by atoms with E-state index in [0.29, 0.717) is 28.4 Å². The number of carbonyl (C=O) groups excluding carboxylic acids is 2. The maximum Gasteiger partial charge on any atom is 0.337 e. The predicted molar refractivity (Wildman–Crippen MR) is 105 cm³/mol. The van der Waals surface area contributed by atoms with E-state index >= 15 is 0 Å². The van der Waals surface area contributed by atoms with Gasteiger partial charge >= 0.3 is 11.9 Å². The van der Waals surface area contributed by atoms with Crippen molar-refractivity contribution in [1.29, 1.82) is 0 Å². The number of nitrogens with two attached hydrogens (primary N) is 1. The molecule has 3 rings (SSSR count). The molecule has 0 spiro atoms. The number of benzene rings is 2. The summed E-state index contributed by atoms with van der Waals surface area (Å²) in [5.41, 5.74) is 7.80. The second-order valence-electron chi connectivity index (χ2n) is 5.75. The summed E-state index contributed by atoms with van der Waals surface area (Å²) < 4.78 is 15.0. The summed E-state index contributed by atoms with van der Waals surface area (Å²) in [4.78, 5) is 31.2. The lowest BCUT2D eigenvalue weighted by molar-refractivity contribution is 0.0592. The molecule has 0 radical (unpaired) electrons. The van der Waals surface area contributed by atoms with E-state index in [4.69, 9.17) is 10.5 Å². The van der Waals surface area contributed by atoms with Gasteiger partial charge in [-0.05, 0) is 48.5 Å². The van der Waals surface area contributed by atoms with Crippen LogP contribution < -0.4 is 15.8 Å². The van der Waals surface area contributed by atoms with E-state index in [0.717, 1.165) is 0 Å². The standard InChI is InChI=1S/C20H18N4O5/c1-27-19(25)12-3-7-14(8-4-12)24-17-16(21)18(23-11-22-17)29-15-9-5-13(6-10-15)20(26)28-2/h3-11H,21H2,1-2H3,(H,22,23,24). The zero-order valence-electron chi connectivity index (χ0n) is 15.7. The first-order chi connectivity index (χ1) is 14.0. The minimum Gasteiger partial charge on any atom is -0.465 e. The Morgan fingerprint density at radius 3 is 1.97 bits per heavy atom. The van der Waals surface area contributed by atoms with Crippen molar-refractivity contribution in [2.45, 2.75) is 0 Å². The van der Waals surface area contributed by atoms with Crippen LogP contribution in [-0.2, 0) is 9.47 Å². The molecule has 0 saturated heterocycles. The van der Waals surface area contributed by atoms with Crippen LogP contribution in [0.15, 0.2) is 54.9 Å². The van der Waals surface area contributed by atoms with E-state index in [1.165, 1.54) is 20.5 Å². The lowest BCUT2D eigenvalue weighted by Crippen LogP contribution is -2.04. The van der Waals surface area contributed by atoms with E-state index in [9.17, 15) is 9.59 Å². The number of rotatable bonds is 6. The SMILES string of the molecule is COC(=O)c1ccc(Nc2ncnc(Oc3ccc(C(=O)OC)cc3)c2N)cc1. The molecule has 0 unspecified atom stereocenters. The fourth-order valence-corrected chi connectivity index (χ4v) is 2.39. The zero-order valence-corrected chi connectivity index (χ0v) is 15.7. The molecule has 0 amide bonds. The average molecular weight is 394 g/mol. The van der Waals surface area contributed by atoms with Crippen LogP contribution in [0.5, 0.6) is 11.6 Å². The second-order valence-corrected chi connectivity index (χ2v) is 5.75. The van der Waals surface area contributed by atoms with Crippen LogP contribution in [-0.4, -0.2) is 36.1 Å². The molecule has 0 atom stereocenters. The molecule has 9 heteroatoms. The third-order valence-electron chi connectivity index (χ3n) is 3.91. The third kappa shape index (κ3) is 4.59. The van der Waals surface area contributed by atoms with Crippen molar-refractivity contribution in [3.05, 3.63) is 66.0 Å². The molecule has 2 aromatic carbocycles. The fraction of sp³-hybridized carbons (Fsp3) is 0.100. The molecular weight excluding hydrogens is 376 g/mol. The van der Waals surface area contributed by atoms with E-state index < -0.39 is 11.9 Å². The van der Waals surface area contributed by atoms with Gasteiger partial charge in [-0.2, -0.15) is 4.98 Å². The Bertz CT molecular complexity index is 940. The van der Waals surface area contributed by atoms with Crippen LogP contribution in [0.2, 0.25) is 0 Å². The Hall–Kier alpha value is -4.14. The van der Waals surface area contributed by atoms with Gasteiger partial charge in [0.2, 0.25) is 5.88 Å². The second kappa shape index (κ2) is 8.70. The smallest absolute Gasteiger partial charge is 0.337 e. The molecule has 9 nitrogen and oxygen atoms in total. The summed E-state index contributed by atoms with van der Waals surface area (Å²) >= 11 is 0. The van der Waals surface area contributed by atoms with Crippen molar-refractivity contribution in [3.63, 3.8) is 0 Å². The van der Waals surface area contributed by atoms with Gasteiger partial charge in [0, 0.05) is 5.69 Å². The first-order valence-corrected chi connectivity index (χ1v) is 8.44. The van der Waals surface area contributed by atoms with E-state index in [-0.39, 0.29) is 11.6 Å². The lowest BCUT2D eigenvalue weighted by atomic mass is 10.2. The number of methoxy groups -OCH3 is 2. The van der Waals surface area contributed by atoms with Gasteiger partial charge in [0.15, 0.2) is 5.82 Å². The molecular formula is C20H18N4O5. The molecule has 148 valence electrons. The van der Waals surface area contributed by atoms with Crippen molar-refractivity contribution in [2.24, 2.45) is 0 Å². The van der Waals surface area contributed by atoms with Crippen LogP contribution in [0.1, 0.15) is 20.7 Å². The average Bonchev–Trinajstić information content (AvgIpc) is 2.76. The Kier molecular flexibility index (Phi) is 5.88. The van der Waals surface area contributed by atoms with Gasteiger partial charge in [0.05, 0.1) is 25.3 Å². The summed E-state index contributed by atoms with van der Waals surface area (Å²) in [6.07, 6.45) is 1.31. The van der Waals surface area contributed by atoms with Crippen LogP contribution in [0.4, 0.5) is 17.2 Å². The van der Waals surface area contributed by atoms with Crippen molar-refractivity contribution in [3.8, 4) is 11.6 Å². The molecule has 0 fully saturated rings. The first-order valence-electron chi connectivity index (χ1n) is 8.44. The Morgan fingerprint density at radius 1 is 0.862 bits per heavy atom. The highest BCUT2D eigenvalue weighted by Gasteiger charge is 2.12. The van der Waals surface area contributed by atoms with Crippen molar-refractivity contribution in [1.82, 2.24) is 9.97 Å². The zero-order chi connectivity index (χ0) is 20.8. The Labute approximate surface area is 166 Å². The molecule has 29 heavy (non-hydrogen) atoms. The molecule has 0 aliphatic heterocycles. The number of esters is 2. The molecule has 1 heterocycles. The summed E-state index contributed by atoms with van der Waals surface area (Å²) in [6.45, 7) is 0. The van der Waals surface area contributed by atoms with Crippen LogP contribution in [0, 0.1) is 0 Å². The number of hydrogen-bond donors (Lipinski definition) is 2. The van der Waals surface area contributed by atoms with Gasteiger partial charge in [-0.3, -0.25) is 0 Å². The lowest BCUT2D eigenvalue weighted by Gasteiger charge is -2.12. The summed E-state index contributed by atoms with van der Waals surface area (Å²) in [6, 6.07) is 13.0. The predicted octanol–water partition coefficient (Wildman–Crippen LogP) is 3.17. The number of anilines is 3. The summed E-state index contributed by atoms with van der Waals surface area (Å²) in [7, 11) is 2.63. The van der Waals surface area contributed by atoms with Crippen molar-refractivity contribution in [2.75, 3.05) is 25.3 Å². The van der Waals surface area contributed by atoms with Crippen LogP contribution in [0.25, 0.3) is 0 Å². The number of aromatic nitrogens is 2. The monoisotopic (exact) mass is 394 g/mol. The number of hydrogen-bond acceptors (Lipinski definition) is 9. The molecule has 1 aromatic heterocycles.